The van der Waals surface area contributed by atoms with Crippen molar-refractivity contribution in [1.82, 2.24) is 4.72 Å². The van der Waals surface area contributed by atoms with Gasteiger partial charge in [-0.05, 0) is 17.5 Å². The number of aliphatic carboxylic acids is 1. The summed E-state index contributed by atoms with van der Waals surface area (Å²) in [5, 5.41) is 9.04. The molecular weight excluding hydrogens is 292 g/mol. The molecule has 112 valence electrons. The fraction of sp³-hybridized carbons (Fsp3) is 0.417. The molecule has 0 aromatic heterocycles. The van der Waals surface area contributed by atoms with Crippen molar-refractivity contribution in [2.24, 2.45) is 5.41 Å². The molecule has 0 aliphatic carbocycles. The van der Waals surface area contributed by atoms with Crippen LogP contribution in [-0.4, -0.2) is 25.5 Å². The molecule has 1 rings (SSSR count). The predicted octanol–water partition coefficient (Wildman–Crippen LogP) is 1.74. The molecule has 20 heavy (non-hydrogen) atoms. The lowest BCUT2D eigenvalue weighted by Gasteiger charge is -2.27. The van der Waals surface area contributed by atoms with Gasteiger partial charge in [-0.15, -0.1) is 0 Å². The van der Waals surface area contributed by atoms with E-state index in [9.17, 15) is 22.0 Å². The molecule has 0 saturated heterocycles. The molecule has 0 fully saturated rings. The lowest BCUT2D eigenvalue weighted by molar-refractivity contribution is -0.141. The quantitative estimate of drug-likeness (QED) is 0.887. The molecular formula is C12H15F2NO4S. The van der Waals surface area contributed by atoms with Gasteiger partial charge in [-0.25, -0.2) is 17.2 Å². The third-order valence-electron chi connectivity index (χ3n) is 2.57. The Bertz CT molecular complexity index is 603. The molecule has 1 atom stereocenters. The Labute approximate surface area is 115 Å². The third kappa shape index (κ3) is 3.51. The average Bonchev–Trinajstić information content (AvgIpc) is 2.23. The maximum atomic E-state index is 13.5. The minimum atomic E-state index is -4.63. The number of benzene rings is 1. The normalized spacial score (nSPS) is 14.1. The van der Waals surface area contributed by atoms with E-state index in [-0.39, 0.29) is 0 Å². The van der Waals surface area contributed by atoms with Gasteiger partial charge in [-0.2, -0.15) is 4.72 Å². The molecule has 8 heteroatoms. The highest BCUT2D eigenvalue weighted by Gasteiger charge is 2.37. The van der Waals surface area contributed by atoms with E-state index in [1.165, 1.54) is 20.8 Å². The lowest BCUT2D eigenvalue weighted by atomic mass is 9.88. The van der Waals surface area contributed by atoms with Crippen molar-refractivity contribution in [2.75, 3.05) is 0 Å². The number of hydrogen-bond acceptors (Lipinski definition) is 3. The molecule has 0 amide bonds. The van der Waals surface area contributed by atoms with E-state index >= 15 is 0 Å². The minimum Gasteiger partial charge on any atom is -0.480 e. The van der Waals surface area contributed by atoms with E-state index in [4.69, 9.17) is 5.11 Å². The number of carboxylic acids is 1. The van der Waals surface area contributed by atoms with Crippen molar-refractivity contribution in [3.63, 3.8) is 0 Å². The zero-order valence-corrected chi connectivity index (χ0v) is 12.0. The van der Waals surface area contributed by atoms with Gasteiger partial charge in [0, 0.05) is 0 Å². The number of sulfonamides is 1. The van der Waals surface area contributed by atoms with Gasteiger partial charge in [0.05, 0.1) is 0 Å². The lowest BCUT2D eigenvalue weighted by Crippen LogP contribution is -2.49. The van der Waals surface area contributed by atoms with Crippen LogP contribution < -0.4 is 4.72 Å². The SMILES string of the molecule is CC(C)(C)[C@@H](NS(=O)(=O)c1c(F)cccc1F)C(=O)O. The van der Waals surface area contributed by atoms with Crippen LogP contribution in [0.2, 0.25) is 0 Å². The maximum absolute atomic E-state index is 13.5. The largest absolute Gasteiger partial charge is 0.480 e. The van der Waals surface area contributed by atoms with Gasteiger partial charge in [-0.3, -0.25) is 4.79 Å². The Kier molecular flexibility index (Phi) is 4.50. The van der Waals surface area contributed by atoms with Crippen molar-refractivity contribution in [1.29, 1.82) is 0 Å². The topological polar surface area (TPSA) is 83.5 Å². The van der Waals surface area contributed by atoms with Gasteiger partial charge < -0.3 is 5.11 Å². The summed E-state index contributed by atoms with van der Waals surface area (Å²) in [7, 11) is -4.63. The van der Waals surface area contributed by atoms with Crippen LogP contribution in [0.15, 0.2) is 23.1 Å². The molecule has 0 saturated carbocycles. The first-order valence-electron chi connectivity index (χ1n) is 5.66. The van der Waals surface area contributed by atoms with Crippen LogP contribution in [0.4, 0.5) is 8.78 Å². The predicted molar refractivity (Wildman–Crippen MR) is 67.6 cm³/mol. The van der Waals surface area contributed by atoms with Crippen molar-refractivity contribution in [3.8, 4) is 0 Å². The zero-order chi connectivity index (χ0) is 15.7. The maximum Gasteiger partial charge on any atom is 0.322 e. The van der Waals surface area contributed by atoms with Gasteiger partial charge in [0.2, 0.25) is 10.0 Å². The molecule has 0 spiro atoms. The van der Waals surface area contributed by atoms with E-state index in [0.717, 1.165) is 18.2 Å². The molecule has 1 aromatic carbocycles. The van der Waals surface area contributed by atoms with E-state index < -0.39 is 44.0 Å². The standard InChI is InChI=1S/C12H15F2NO4S/c1-12(2,3)10(11(16)17)15-20(18,19)9-7(13)5-4-6-8(9)14/h4-6,10,15H,1-3H3,(H,16,17)/t10-/m0/s1. The second kappa shape index (κ2) is 5.45. The third-order valence-corrected chi connectivity index (χ3v) is 4.05. The number of hydrogen-bond donors (Lipinski definition) is 2. The highest BCUT2D eigenvalue weighted by atomic mass is 32.2. The molecule has 0 aliphatic rings. The van der Waals surface area contributed by atoms with Crippen LogP contribution >= 0.6 is 0 Å². The van der Waals surface area contributed by atoms with E-state index in [0.29, 0.717) is 0 Å². The fourth-order valence-electron chi connectivity index (χ4n) is 1.55. The van der Waals surface area contributed by atoms with Gasteiger partial charge in [0.1, 0.15) is 17.7 Å². The van der Waals surface area contributed by atoms with Gasteiger partial charge in [0.15, 0.2) is 4.90 Å². The summed E-state index contributed by atoms with van der Waals surface area (Å²) in [5.74, 6) is -4.00. The van der Waals surface area contributed by atoms with Crippen molar-refractivity contribution < 1.29 is 27.1 Å². The number of nitrogens with one attached hydrogen (secondary N) is 1. The second-order valence-electron chi connectivity index (χ2n) is 5.31. The monoisotopic (exact) mass is 307 g/mol. The summed E-state index contributed by atoms with van der Waals surface area (Å²) >= 11 is 0. The Morgan fingerprint density at radius 1 is 1.25 bits per heavy atom. The number of carboxylic acid groups (broad SMARTS) is 1. The van der Waals surface area contributed by atoms with E-state index in [1.807, 2.05) is 4.72 Å². The van der Waals surface area contributed by atoms with Crippen LogP contribution in [0.25, 0.3) is 0 Å². The van der Waals surface area contributed by atoms with Crippen molar-refractivity contribution in [3.05, 3.63) is 29.8 Å². The number of carbonyl (C=O) groups is 1. The number of rotatable bonds is 4. The van der Waals surface area contributed by atoms with Crippen LogP contribution in [0.3, 0.4) is 0 Å². The summed E-state index contributed by atoms with van der Waals surface area (Å²) in [6.45, 7) is 4.48. The fourth-order valence-corrected chi connectivity index (χ4v) is 3.08. The molecule has 0 aliphatic heterocycles. The molecule has 2 N–H and O–H groups in total. The summed E-state index contributed by atoms with van der Waals surface area (Å²) in [6, 6.07) is 1.06. The Morgan fingerprint density at radius 2 is 1.70 bits per heavy atom. The molecule has 1 aromatic rings. The van der Waals surface area contributed by atoms with E-state index in [2.05, 4.69) is 0 Å². The molecule has 5 nitrogen and oxygen atoms in total. The molecule has 0 unspecified atom stereocenters. The Hall–Kier alpha value is -1.54. The second-order valence-corrected chi connectivity index (χ2v) is 6.96. The summed E-state index contributed by atoms with van der Waals surface area (Å²) in [5.41, 5.74) is -0.972. The first-order chi connectivity index (χ1) is 8.97. The molecule has 0 bridgehead atoms. The first-order valence-corrected chi connectivity index (χ1v) is 7.14. The number of halogens is 2. The summed E-state index contributed by atoms with van der Waals surface area (Å²) < 4.78 is 52.8. The first kappa shape index (κ1) is 16.5. The summed E-state index contributed by atoms with van der Waals surface area (Å²) in [4.78, 5) is 9.93. The smallest absolute Gasteiger partial charge is 0.322 e. The minimum absolute atomic E-state index is 0.782. The van der Waals surface area contributed by atoms with Gasteiger partial charge in [0.25, 0.3) is 0 Å². The van der Waals surface area contributed by atoms with Crippen LogP contribution in [0, 0.1) is 17.0 Å². The van der Waals surface area contributed by atoms with Crippen LogP contribution in [0.1, 0.15) is 20.8 Å². The Balaban J connectivity index is 3.28. The van der Waals surface area contributed by atoms with Crippen LogP contribution in [0.5, 0.6) is 0 Å². The van der Waals surface area contributed by atoms with Gasteiger partial charge in [-0.1, -0.05) is 26.8 Å². The average molecular weight is 307 g/mol. The molecule has 0 heterocycles. The van der Waals surface area contributed by atoms with Crippen molar-refractivity contribution in [2.45, 2.75) is 31.7 Å². The Morgan fingerprint density at radius 3 is 2.05 bits per heavy atom. The van der Waals surface area contributed by atoms with Crippen molar-refractivity contribution >= 4 is 16.0 Å². The van der Waals surface area contributed by atoms with Crippen LogP contribution in [-0.2, 0) is 14.8 Å². The summed E-state index contributed by atoms with van der Waals surface area (Å²) in [6.07, 6.45) is 0. The molecule has 0 radical (unpaired) electrons. The zero-order valence-electron chi connectivity index (χ0n) is 11.1. The highest BCUT2D eigenvalue weighted by Crippen LogP contribution is 2.24. The van der Waals surface area contributed by atoms with E-state index in [1.54, 1.807) is 0 Å². The highest BCUT2D eigenvalue weighted by molar-refractivity contribution is 7.89. The van der Waals surface area contributed by atoms with Gasteiger partial charge >= 0.3 is 5.97 Å².